The molecule has 0 aromatic heterocycles. The van der Waals surface area contributed by atoms with E-state index in [0.717, 1.165) is 29.8 Å². The van der Waals surface area contributed by atoms with Crippen LogP contribution in [-0.4, -0.2) is 53.4 Å². The van der Waals surface area contributed by atoms with Crippen molar-refractivity contribution in [2.75, 3.05) is 6.54 Å². The Bertz CT molecular complexity index is 1850. The molecule has 216 valence electrons. The molecule has 1 aliphatic heterocycles. The number of carbonyl (C=O) groups excluding carboxylic acids is 4. The maximum atomic E-state index is 13.6. The molecule has 0 unspecified atom stereocenters. The van der Waals surface area contributed by atoms with E-state index in [1.165, 1.54) is 48.5 Å². The van der Waals surface area contributed by atoms with E-state index in [9.17, 15) is 37.7 Å². The minimum absolute atomic E-state index is 0.0261. The summed E-state index contributed by atoms with van der Waals surface area (Å²) in [5.74, 6) is -3.35. The SMILES string of the molecule is Cc1ccc(S(=O)(=O)Oc2ccc(C(=O)CN(C(=O)c3ccc([N+](=O)[O-])cc3)N3C(=O)c4ccccc4C3=O)cc2)cc1. The highest BCUT2D eigenvalue weighted by Crippen LogP contribution is 2.27. The van der Waals surface area contributed by atoms with Crippen LogP contribution in [0.15, 0.2) is 102 Å². The molecule has 3 amide bonds. The lowest BCUT2D eigenvalue weighted by Crippen LogP contribution is -2.51. The first kappa shape index (κ1) is 28.8. The number of nitro groups is 1. The monoisotopic (exact) mass is 599 g/mol. The third kappa shape index (κ3) is 5.74. The number of carbonyl (C=O) groups is 4. The van der Waals surface area contributed by atoms with E-state index in [1.807, 2.05) is 6.92 Å². The second-order valence-corrected chi connectivity index (χ2v) is 11.0. The molecular formula is C30H21N3O9S. The molecule has 0 atom stereocenters. The molecule has 0 fully saturated rings. The zero-order chi connectivity index (χ0) is 30.9. The minimum Gasteiger partial charge on any atom is -0.379 e. The van der Waals surface area contributed by atoms with Crippen LogP contribution in [0, 0.1) is 17.0 Å². The summed E-state index contributed by atoms with van der Waals surface area (Å²) >= 11 is 0. The molecule has 1 aliphatic rings. The number of imide groups is 1. The molecule has 12 nitrogen and oxygen atoms in total. The van der Waals surface area contributed by atoms with Crippen molar-refractivity contribution in [2.45, 2.75) is 11.8 Å². The van der Waals surface area contributed by atoms with Crippen LogP contribution in [0.25, 0.3) is 0 Å². The third-order valence-corrected chi connectivity index (χ3v) is 7.82. The maximum Gasteiger partial charge on any atom is 0.339 e. The van der Waals surface area contributed by atoms with Gasteiger partial charge < -0.3 is 4.18 Å². The fraction of sp³-hybridized carbons (Fsp3) is 0.0667. The van der Waals surface area contributed by atoms with E-state index in [4.69, 9.17) is 4.18 Å². The molecular weight excluding hydrogens is 578 g/mol. The molecule has 0 bridgehead atoms. The van der Waals surface area contributed by atoms with E-state index < -0.39 is 45.1 Å². The van der Waals surface area contributed by atoms with Crippen molar-refractivity contribution in [3.05, 3.63) is 135 Å². The van der Waals surface area contributed by atoms with E-state index in [2.05, 4.69) is 0 Å². The van der Waals surface area contributed by atoms with Crippen molar-refractivity contribution in [2.24, 2.45) is 0 Å². The van der Waals surface area contributed by atoms with Gasteiger partial charge in [0.15, 0.2) is 5.78 Å². The summed E-state index contributed by atoms with van der Waals surface area (Å²) in [5, 5.41) is 12.3. The normalized spacial score (nSPS) is 12.5. The largest absolute Gasteiger partial charge is 0.379 e. The van der Waals surface area contributed by atoms with Gasteiger partial charge in [0.1, 0.15) is 17.2 Å². The minimum atomic E-state index is -4.14. The van der Waals surface area contributed by atoms with Crippen molar-refractivity contribution >= 4 is 39.3 Å². The molecule has 0 spiro atoms. The molecule has 4 aromatic carbocycles. The van der Waals surface area contributed by atoms with Gasteiger partial charge in [-0.05, 0) is 67.6 Å². The summed E-state index contributed by atoms with van der Waals surface area (Å²) in [6.07, 6.45) is 0. The van der Waals surface area contributed by atoms with E-state index in [0.29, 0.717) is 10.0 Å². The Morgan fingerprint density at radius 2 is 1.35 bits per heavy atom. The van der Waals surface area contributed by atoms with Gasteiger partial charge in [-0.25, -0.2) is 5.01 Å². The molecule has 0 N–H and O–H groups in total. The molecule has 5 rings (SSSR count). The van der Waals surface area contributed by atoms with Crippen LogP contribution >= 0.6 is 0 Å². The maximum absolute atomic E-state index is 13.6. The molecule has 1 heterocycles. The second kappa shape index (κ2) is 11.3. The highest BCUT2D eigenvalue weighted by molar-refractivity contribution is 7.87. The van der Waals surface area contributed by atoms with Gasteiger partial charge in [0.05, 0.1) is 16.1 Å². The Hall–Kier alpha value is -5.69. The van der Waals surface area contributed by atoms with Gasteiger partial charge >= 0.3 is 10.1 Å². The number of hydrogen-bond acceptors (Lipinski definition) is 9. The van der Waals surface area contributed by atoms with Gasteiger partial charge in [0, 0.05) is 23.3 Å². The van der Waals surface area contributed by atoms with Crippen LogP contribution in [-0.2, 0) is 10.1 Å². The smallest absolute Gasteiger partial charge is 0.339 e. The molecule has 13 heteroatoms. The Balaban J connectivity index is 1.41. The highest BCUT2D eigenvalue weighted by atomic mass is 32.2. The Morgan fingerprint density at radius 1 is 0.814 bits per heavy atom. The van der Waals surface area contributed by atoms with E-state index >= 15 is 0 Å². The first-order valence-corrected chi connectivity index (χ1v) is 14.1. The van der Waals surface area contributed by atoms with E-state index in [1.54, 1.807) is 24.3 Å². The number of nitro benzene ring substituents is 1. The molecule has 0 saturated carbocycles. The Labute approximate surface area is 245 Å². The van der Waals surface area contributed by atoms with Crippen LogP contribution in [0.5, 0.6) is 5.75 Å². The number of aryl methyl sites for hydroxylation is 1. The lowest BCUT2D eigenvalue weighted by Gasteiger charge is -2.29. The number of amides is 3. The fourth-order valence-electron chi connectivity index (χ4n) is 4.31. The van der Waals surface area contributed by atoms with Crippen molar-refractivity contribution in [1.82, 2.24) is 10.0 Å². The predicted molar refractivity (Wildman–Crippen MR) is 151 cm³/mol. The number of nitrogens with zero attached hydrogens (tertiary/aromatic N) is 3. The van der Waals surface area contributed by atoms with Crippen molar-refractivity contribution in [1.29, 1.82) is 0 Å². The highest BCUT2D eigenvalue weighted by Gasteiger charge is 2.42. The van der Waals surface area contributed by atoms with Crippen molar-refractivity contribution < 1.29 is 36.7 Å². The first-order chi connectivity index (χ1) is 20.5. The van der Waals surface area contributed by atoms with Crippen molar-refractivity contribution in [3.8, 4) is 5.75 Å². The van der Waals surface area contributed by atoms with Crippen molar-refractivity contribution in [3.63, 3.8) is 0 Å². The number of Topliss-reactive ketones (excluding diaryl/α,β-unsaturated/α-hetero) is 1. The zero-order valence-corrected chi connectivity index (χ0v) is 23.2. The van der Waals surface area contributed by atoms with E-state index in [-0.39, 0.29) is 38.6 Å². The molecule has 4 aromatic rings. The Kier molecular flexibility index (Phi) is 7.57. The summed E-state index contributed by atoms with van der Waals surface area (Å²) in [6, 6.07) is 21.5. The fourth-order valence-corrected chi connectivity index (χ4v) is 5.24. The van der Waals surface area contributed by atoms with Crippen LogP contribution < -0.4 is 4.18 Å². The molecule has 43 heavy (non-hydrogen) atoms. The number of rotatable bonds is 9. The van der Waals surface area contributed by atoms with Gasteiger partial charge in [0.25, 0.3) is 23.4 Å². The average Bonchev–Trinajstić information content (AvgIpc) is 3.25. The van der Waals surface area contributed by atoms with Crippen LogP contribution in [0.2, 0.25) is 0 Å². The first-order valence-electron chi connectivity index (χ1n) is 12.6. The molecule has 0 saturated heterocycles. The lowest BCUT2D eigenvalue weighted by atomic mass is 10.1. The standard InChI is InChI=1S/C30H21N3O9S/c1-19-6-16-24(17-7-19)43(40,41)42-23-14-10-20(11-15-23)27(34)18-31(28(35)21-8-12-22(13-9-21)33(38)39)32-29(36)25-4-2-3-5-26(25)30(32)37/h2-17H,18H2,1H3. The van der Waals surface area contributed by atoms with Gasteiger partial charge in [-0.1, -0.05) is 29.8 Å². The number of fused-ring (bicyclic) bond motifs is 1. The summed E-state index contributed by atoms with van der Waals surface area (Å²) in [6.45, 7) is 1.05. The van der Waals surface area contributed by atoms with Crippen LogP contribution in [0.3, 0.4) is 0 Å². The van der Waals surface area contributed by atoms with Gasteiger partial charge in [-0.2, -0.15) is 13.4 Å². The zero-order valence-electron chi connectivity index (χ0n) is 22.4. The summed E-state index contributed by atoms with van der Waals surface area (Å²) < 4.78 is 30.4. The number of non-ortho nitro benzene ring substituents is 1. The summed E-state index contributed by atoms with van der Waals surface area (Å²) in [4.78, 5) is 63.6. The number of hydrazine groups is 1. The predicted octanol–water partition coefficient (Wildman–Crippen LogP) is 4.21. The second-order valence-electron chi connectivity index (χ2n) is 9.43. The van der Waals surface area contributed by atoms with Gasteiger partial charge in [-0.15, -0.1) is 0 Å². The summed E-state index contributed by atoms with van der Waals surface area (Å²) in [7, 11) is -4.14. The average molecular weight is 600 g/mol. The molecule has 0 radical (unpaired) electrons. The number of hydrogen-bond donors (Lipinski definition) is 0. The number of ketones is 1. The topological polar surface area (TPSA) is 161 Å². The summed E-state index contributed by atoms with van der Waals surface area (Å²) in [5.41, 5.74) is 0.574. The van der Waals surface area contributed by atoms with Gasteiger partial charge in [0.2, 0.25) is 0 Å². The Morgan fingerprint density at radius 3 is 1.88 bits per heavy atom. The quantitative estimate of drug-likeness (QED) is 0.0902. The third-order valence-electron chi connectivity index (χ3n) is 6.56. The lowest BCUT2D eigenvalue weighted by molar-refractivity contribution is -0.384. The van der Waals surface area contributed by atoms with Crippen LogP contribution in [0.1, 0.15) is 47.0 Å². The van der Waals surface area contributed by atoms with Crippen LogP contribution in [0.4, 0.5) is 5.69 Å². The number of benzene rings is 4. The van der Waals surface area contributed by atoms with Gasteiger partial charge in [-0.3, -0.25) is 29.3 Å². The molecule has 0 aliphatic carbocycles.